The molecule has 0 aliphatic carbocycles. The summed E-state index contributed by atoms with van der Waals surface area (Å²) in [6.07, 6.45) is 1.77. The Kier molecular flexibility index (Phi) is 4.25. The van der Waals surface area contributed by atoms with Crippen molar-refractivity contribution in [1.29, 1.82) is 0 Å². The Morgan fingerprint density at radius 2 is 2.38 bits per heavy atom. The van der Waals surface area contributed by atoms with Crippen molar-refractivity contribution in [3.05, 3.63) is 0 Å². The van der Waals surface area contributed by atoms with E-state index in [1.54, 1.807) is 0 Å². The lowest BCUT2D eigenvalue weighted by molar-refractivity contribution is -0.107. The SMILES string of the molecule is O=CCNC(=O)NCC1CCNC1. The van der Waals surface area contributed by atoms with Gasteiger partial charge in [-0.2, -0.15) is 0 Å². The monoisotopic (exact) mass is 185 g/mol. The highest BCUT2D eigenvalue weighted by atomic mass is 16.2. The van der Waals surface area contributed by atoms with Crippen LogP contribution in [0, 0.1) is 5.92 Å². The van der Waals surface area contributed by atoms with E-state index in [4.69, 9.17) is 0 Å². The third-order valence-electron chi connectivity index (χ3n) is 2.06. The first-order chi connectivity index (χ1) is 6.33. The molecule has 0 spiro atoms. The Hall–Kier alpha value is -1.10. The van der Waals surface area contributed by atoms with E-state index < -0.39 is 0 Å². The summed E-state index contributed by atoms with van der Waals surface area (Å²) in [7, 11) is 0. The number of rotatable bonds is 4. The summed E-state index contributed by atoms with van der Waals surface area (Å²) in [6, 6.07) is -0.265. The lowest BCUT2D eigenvalue weighted by atomic mass is 10.1. The summed E-state index contributed by atoms with van der Waals surface area (Å²) in [4.78, 5) is 20.9. The number of aldehydes is 1. The Labute approximate surface area is 77.3 Å². The molecule has 2 amide bonds. The van der Waals surface area contributed by atoms with Crippen molar-refractivity contribution in [3.8, 4) is 0 Å². The molecule has 0 aromatic rings. The van der Waals surface area contributed by atoms with Crippen LogP contribution in [0.2, 0.25) is 0 Å². The van der Waals surface area contributed by atoms with Crippen LogP contribution >= 0.6 is 0 Å². The molecule has 0 radical (unpaired) electrons. The number of nitrogens with one attached hydrogen (secondary N) is 3. The Morgan fingerprint density at radius 1 is 1.54 bits per heavy atom. The Balaban J connectivity index is 2.03. The largest absolute Gasteiger partial charge is 0.338 e. The lowest BCUT2D eigenvalue weighted by Crippen LogP contribution is -2.39. The van der Waals surface area contributed by atoms with Crippen molar-refractivity contribution >= 4 is 12.3 Å². The number of amides is 2. The summed E-state index contributed by atoms with van der Waals surface area (Å²) >= 11 is 0. The van der Waals surface area contributed by atoms with E-state index in [9.17, 15) is 9.59 Å². The molecule has 0 aromatic heterocycles. The second-order valence-electron chi connectivity index (χ2n) is 3.12. The maximum atomic E-state index is 11.0. The van der Waals surface area contributed by atoms with Crippen molar-refractivity contribution in [2.45, 2.75) is 6.42 Å². The highest BCUT2D eigenvalue weighted by Crippen LogP contribution is 2.04. The third kappa shape index (κ3) is 3.89. The van der Waals surface area contributed by atoms with Gasteiger partial charge < -0.3 is 20.7 Å². The fourth-order valence-electron chi connectivity index (χ4n) is 1.32. The van der Waals surface area contributed by atoms with Crippen LogP contribution in [0.25, 0.3) is 0 Å². The zero-order valence-corrected chi connectivity index (χ0v) is 7.51. The lowest BCUT2D eigenvalue weighted by Gasteiger charge is -2.09. The molecule has 1 saturated heterocycles. The van der Waals surface area contributed by atoms with Gasteiger partial charge >= 0.3 is 6.03 Å². The van der Waals surface area contributed by atoms with Gasteiger partial charge in [-0.3, -0.25) is 0 Å². The average Bonchev–Trinajstić information content (AvgIpc) is 2.64. The number of carbonyl (C=O) groups excluding carboxylic acids is 2. The molecule has 0 aromatic carbocycles. The molecule has 0 bridgehead atoms. The average molecular weight is 185 g/mol. The van der Waals surface area contributed by atoms with Crippen LogP contribution in [0.5, 0.6) is 0 Å². The molecule has 1 aliphatic rings. The van der Waals surface area contributed by atoms with Crippen molar-refractivity contribution < 1.29 is 9.59 Å². The van der Waals surface area contributed by atoms with Crippen LogP contribution in [0.3, 0.4) is 0 Å². The molecule has 5 nitrogen and oxygen atoms in total. The van der Waals surface area contributed by atoms with Crippen LogP contribution in [0.15, 0.2) is 0 Å². The van der Waals surface area contributed by atoms with Crippen LogP contribution < -0.4 is 16.0 Å². The van der Waals surface area contributed by atoms with Gasteiger partial charge in [-0.05, 0) is 25.4 Å². The molecule has 1 atom stereocenters. The molecular formula is C8H15N3O2. The highest BCUT2D eigenvalue weighted by Gasteiger charge is 2.14. The fraction of sp³-hybridized carbons (Fsp3) is 0.750. The number of carbonyl (C=O) groups is 2. The maximum absolute atomic E-state index is 11.0. The molecule has 3 N–H and O–H groups in total. The Bertz CT molecular complexity index is 178. The van der Waals surface area contributed by atoms with Crippen LogP contribution in [0.1, 0.15) is 6.42 Å². The predicted molar refractivity (Wildman–Crippen MR) is 48.4 cm³/mol. The summed E-state index contributed by atoms with van der Waals surface area (Å²) in [6.45, 7) is 2.75. The van der Waals surface area contributed by atoms with E-state index in [1.807, 2.05) is 0 Å². The molecule has 1 fully saturated rings. The van der Waals surface area contributed by atoms with Crippen molar-refractivity contribution in [3.63, 3.8) is 0 Å². The van der Waals surface area contributed by atoms with Crippen molar-refractivity contribution in [2.75, 3.05) is 26.2 Å². The van der Waals surface area contributed by atoms with E-state index in [0.29, 0.717) is 18.7 Å². The minimum Gasteiger partial charge on any atom is -0.338 e. The Morgan fingerprint density at radius 3 is 3.00 bits per heavy atom. The van der Waals surface area contributed by atoms with E-state index in [0.717, 1.165) is 19.5 Å². The summed E-state index contributed by atoms with van der Waals surface area (Å²) in [5, 5.41) is 8.34. The third-order valence-corrected chi connectivity index (χ3v) is 2.06. The molecule has 0 saturated carbocycles. The minimum atomic E-state index is -0.265. The van der Waals surface area contributed by atoms with E-state index in [-0.39, 0.29) is 12.6 Å². The number of hydrogen-bond donors (Lipinski definition) is 3. The van der Waals surface area contributed by atoms with Crippen molar-refractivity contribution in [1.82, 2.24) is 16.0 Å². The second-order valence-corrected chi connectivity index (χ2v) is 3.12. The van der Waals surface area contributed by atoms with E-state index >= 15 is 0 Å². The smallest absolute Gasteiger partial charge is 0.315 e. The molecule has 1 unspecified atom stereocenters. The normalized spacial score (nSPS) is 21.1. The number of urea groups is 1. The van der Waals surface area contributed by atoms with Gasteiger partial charge in [0.1, 0.15) is 6.29 Å². The van der Waals surface area contributed by atoms with Crippen LogP contribution in [0.4, 0.5) is 4.79 Å². The topological polar surface area (TPSA) is 70.2 Å². The minimum absolute atomic E-state index is 0.0781. The molecular weight excluding hydrogens is 170 g/mol. The maximum Gasteiger partial charge on any atom is 0.315 e. The molecule has 1 heterocycles. The quantitative estimate of drug-likeness (QED) is 0.497. The van der Waals surface area contributed by atoms with Gasteiger partial charge in [0.2, 0.25) is 0 Å². The molecule has 1 aliphatic heterocycles. The van der Waals surface area contributed by atoms with E-state index in [1.165, 1.54) is 0 Å². The zero-order chi connectivity index (χ0) is 9.52. The van der Waals surface area contributed by atoms with Gasteiger partial charge in [0.25, 0.3) is 0 Å². The van der Waals surface area contributed by atoms with Crippen molar-refractivity contribution in [2.24, 2.45) is 5.92 Å². The van der Waals surface area contributed by atoms with Gasteiger partial charge in [-0.1, -0.05) is 0 Å². The van der Waals surface area contributed by atoms with E-state index in [2.05, 4.69) is 16.0 Å². The van der Waals surface area contributed by atoms with Gasteiger partial charge in [0.15, 0.2) is 0 Å². The van der Waals surface area contributed by atoms with Gasteiger partial charge in [-0.15, -0.1) is 0 Å². The molecule has 13 heavy (non-hydrogen) atoms. The highest BCUT2D eigenvalue weighted by molar-refractivity contribution is 5.76. The van der Waals surface area contributed by atoms with Gasteiger partial charge in [0, 0.05) is 6.54 Å². The molecule has 1 rings (SSSR count). The first kappa shape index (κ1) is 9.98. The van der Waals surface area contributed by atoms with Gasteiger partial charge in [-0.25, -0.2) is 4.79 Å². The first-order valence-electron chi connectivity index (χ1n) is 4.49. The first-order valence-corrected chi connectivity index (χ1v) is 4.49. The summed E-state index contributed by atoms with van der Waals surface area (Å²) in [5.41, 5.74) is 0. The zero-order valence-electron chi connectivity index (χ0n) is 7.51. The van der Waals surface area contributed by atoms with Gasteiger partial charge in [0.05, 0.1) is 6.54 Å². The second kappa shape index (κ2) is 5.53. The molecule has 74 valence electrons. The summed E-state index contributed by atoms with van der Waals surface area (Å²) < 4.78 is 0. The fourth-order valence-corrected chi connectivity index (χ4v) is 1.32. The number of hydrogen-bond acceptors (Lipinski definition) is 3. The summed E-state index contributed by atoms with van der Waals surface area (Å²) in [5.74, 6) is 0.530. The van der Waals surface area contributed by atoms with Crippen LogP contribution in [-0.2, 0) is 4.79 Å². The van der Waals surface area contributed by atoms with Crippen LogP contribution in [-0.4, -0.2) is 38.5 Å². The predicted octanol–water partition coefficient (Wildman–Crippen LogP) is -0.906. The molecule has 5 heteroatoms. The standard InChI is InChI=1S/C8H15N3O2/c12-4-3-10-8(13)11-6-7-1-2-9-5-7/h4,7,9H,1-3,5-6H2,(H2,10,11,13).